The zero-order valence-corrected chi connectivity index (χ0v) is 9.53. The number of H-pyrrole nitrogens is 1. The molecule has 1 aliphatic heterocycles. The Kier molecular flexibility index (Phi) is 2.38. The van der Waals surface area contributed by atoms with Gasteiger partial charge in [0.05, 0.1) is 18.3 Å². The van der Waals surface area contributed by atoms with Crippen molar-refractivity contribution >= 4 is 11.7 Å². The summed E-state index contributed by atoms with van der Waals surface area (Å²) in [5.41, 5.74) is -0.667. The number of anilines is 1. The van der Waals surface area contributed by atoms with E-state index >= 15 is 0 Å². The van der Waals surface area contributed by atoms with E-state index in [2.05, 4.69) is 10.2 Å². The first kappa shape index (κ1) is 11.8. The van der Waals surface area contributed by atoms with Gasteiger partial charge in [-0.2, -0.15) is 18.3 Å². The number of aromatic amines is 1. The van der Waals surface area contributed by atoms with E-state index in [4.69, 9.17) is 0 Å². The first-order chi connectivity index (χ1) is 8.98. The second-order valence-corrected chi connectivity index (χ2v) is 4.16. The standard InChI is InChI=1S/C12H8F3N3O/c13-12(14,15)9-3-1-2-7-8(9)6-18(11(7)19)10-4-5-16-17-10/h1-5H,6H2,(H,16,17). The highest BCUT2D eigenvalue weighted by Gasteiger charge is 2.39. The van der Waals surface area contributed by atoms with Gasteiger partial charge < -0.3 is 0 Å². The number of fused-ring (bicyclic) bond motifs is 1. The van der Waals surface area contributed by atoms with Crippen molar-refractivity contribution in [3.63, 3.8) is 0 Å². The number of benzene rings is 1. The molecule has 2 aromatic rings. The van der Waals surface area contributed by atoms with Crippen LogP contribution in [0.3, 0.4) is 0 Å². The Hall–Kier alpha value is -2.31. The van der Waals surface area contributed by atoms with E-state index < -0.39 is 17.6 Å². The average Bonchev–Trinajstić information content (AvgIpc) is 2.96. The van der Waals surface area contributed by atoms with Gasteiger partial charge in [-0.1, -0.05) is 6.07 Å². The van der Waals surface area contributed by atoms with Gasteiger partial charge in [-0.3, -0.25) is 14.8 Å². The minimum Gasteiger partial charge on any atom is -0.289 e. The highest BCUT2D eigenvalue weighted by Crippen LogP contribution is 2.37. The summed E-state index contributed by atoms with van der Waals surface area (Å²) in [6.45, 7) is -0.105. The molecule has 0 aliphatic carbocycles. The fourth-order valence-corrected chi connectivity index (χ4v) is 2.19. The Bertz CT molecular complexity index is 634. The topological polar surface area (TPSA) is 49.0 Å². The van der Waals surface area contributed by atoms with Crippen LogP contribution in [-0.4, -0.2) is 16.1 Å². The molecule has 7 heteroatoms. The number of aromatic nitrogens is 2. The molecule has 0 fully saturated rings. The van der Waals surface area contributed by atoms with Gasteiger partial charge in [-0.05, 0) is 17.7 Å². The molecule has 1 aromatic heterocycles. The molecule has 0 radical (unpaired) electrons. The monoisotopic (exact) mass is 267 g/mol. The largest absolute Gasteiger partial charge is 0.416 e. The van der Waals surface area contributed by atoms with Crippen molar-refractivity contribution in [2.45, 2.75) is 12.7 Å². The summed E-state index contributed by atoms with van der Waals surface area (Å²) < 4.78 is 38.7. The fraction of sp³-hybridized carbons (Fsp3) is 0.167. The van der Waals surface area contributed by atoms with Crippen molar-refractivity contribution in [2.24, 2.45) is 0 Å². The third-order valence-corrected chi connectivity index (χ3v) is 3.05. The number of carbonyl (C=O) groups is 1. The zero-order chi connectivity index (χ0) is 13.6. The van der Waals surface area contributed by atoms with E-state index in [1.54, 1.807) is 0 Å². The second kappa shape index (κ2) is 3.84. The maximum Gasteiger partial charge on any atom is 0.416 e. The van der Waals surface area contributed by atoms with Crippen molar-refractivity contribution in [2.75, 3.05) is 4.90 Å². The summed E-state index contributed by atoms with van der Waals surface area (Å²) in [6.07, 6.45) is -3.02. The molecule has 1 aliphatic rings. The molecule has 0 atom stereocenters. The first-order valence-electron chi connectivity index (χ1n) is 5.49. The minimum atomic E-state index is -4.46. The van der Waals surface area contributed by atoms with Crippen molar-refractivity contribution in [1.29, 1.82) is 0 Å². The lowest BCUT2D eigenvalue weighted by Crippen LogP contribution is -2.23. The van der Waals surface area contributed by atoms with Crippen LogP contribution in [0, 0.1) is 0 Å². The van der Waals surface area contributed by atoms with Crippen LogP contribution in [0.4, 0.5) is 19.0 Å². The first-order valence-corrected chi connectivity index (χ1v) is 5.49. The van der Waals surface area contributed by atoms with E-state index in [9.17, 15) is 18.0 Å². The Morgan fingerprint density at radius 1 is 1.26 bits per heavy atom. The summed E-state index contributed by atoms with van der Waals surface area (Å²) in [4.78, 5) is 13.3. The number of carbonyl (C=O) groups excluding carboxylic acids is 1. The van der Waals surface area contributed by atoms with Crippen LogP contribution in [-0.2, 0) is 12.7 Å². The van der Waals surface area contributed by atoms with Gasteiger partial charge in [0, 0.05) is 11.6 Å². The molecular formula is C12H8F3N3O. The minimum absolute atomic E-state index is 0.00889. The number of rotatable bonds is 1. The lowest BCUT2D eigenvalue weighted by Gasteiger charge is -2.13. The third kappa shape index (κ3) is 1.78. The van der Waals surface area contributed by atoms with Gasteiger partial charge >= 0.3 is 6.18 Å². The predicted octanol–water partition coefficient (Wildman–Crippen LogP) is 2.59. The van der Waals surface area contributed by atoms with E-state index in [1.807, 2.05) is 0 Å². The summed E-state index contributed by atoms with van der Waals surface area (Å²) in [5, 5.41) is 6.27. The van der Waals surface area contributed by atoms with Gasteiger partial charge in [0.15, 0.2) is 0 Å². The molecular weight excluding hydrogens is 259 g/mol. The van der Waals surface area contributed by atoms with Crippen LogP contribution in [0.15, 0.2) is 30.5 Å². The molecule has 0 saturated carbocycles. The quantitative estimate of drug-likeness (QED) is 0.863. The maximum atomic E-state index is 12.9. The van der Waals surface area contributed by atoms with Crippen molar-refractivity contribution < 1.29 is 18.0 Å². The smallest absolute Gasteiger partial charge is 0.289 e. The summed E-state index contributed by atoms with van der Waals surface area (Å²) >= 11 is 0. The number of alkyl halides is 3. The van der Waals surface area contributed by atoms with Crippen molar-refractivity contribution in [1.82, 2.24) is 10.2 Å². The van der Waals surface area contributed by atoms with Crippen LogP contribution >= 0.6 is 0 Å². The third-order valence-electron chi connectivity index (χ3n) is 3.05. The van der Waals surface area contributed by atoms with E-state index in [0.29, 0.717) is 5.82 Å². The lowest BCUT2D eigenvalue weighted by molar-refractivity contribution is -0.138. The lowest BCUT2D eigenvalue weighted by atomic mass is 10.0. The molecule has 98 valence electrons. The highest BCUT2D eigenvalue weighted by atomic mass is 19.4. The molecule has 0 saturated heterocycles. The molecule has 0 unspecified atom stereocenters. The summed E-state index contributed by atoms with van der Waals surface area (Å²) in [6, 6.07) is 5.18. The highest BCUT2D eigenvalue weighted by molar-refractivity contribution is 6.09. The van der Waals surface area contributed by atoms with Crippen LogP contribution in [0.5, 0.6) is 0 Å². The molecule has 0 spiro atoms. The van der Waals surface area contributed by atoms with Crippen LogP contribution < -0.4 is 4.90 Å². The molecule has 1 amide bonds. The molecule has 3 rings (SSSR count). The van der Waals surface area contributed by atoms with Crippen molar-refractivity contribution in [3.8, 4) is 0 Å². The fourth-order valence-electron chi connectivity index (χ4n) is 2.19. The van der Waals surface area contributed by atoms with Gasteiger partial charge in [-0.25, -0.2) is 0 Å². The second-order valence-electron chi connectivity index (χ2n) is 4.16. The van der Waals surface area contributed by atoms with Gasteiger partial charge in [0.2, 0.25) is 0 Å². The average molecular weight is 267 g/mol. The Morgan fingerprint density at radius 2 is 2.05 bits per heavy atom. The van der Waals surface area contributed by atoms with Crippen molar-refractivity contribution in [3.05, 3.63) is 47.2 Å². The number of halogens is 3. The van der Waals surface area contributed by atoms with E-state index in [-0.39, 0.29) is 17.7 Å². The summed E-state index contributed by atoms with van der Waals surface area (Å²) in [7, 11) is 0. The van der Waals surface area contributed by atoms with Gasteiger partial charge in [0.1, 0.15) is 5.82 Å². The van der Waals surface area contributed by atoms with Gasteiger partial charge in [-0.15, -0.1) is 0 Å². The summed E-state index contributed by atoms with van der Waals surface area (Å²) in [5.74, 6) is -0.0697. The maximum absolute atomic E-state index is 12.9. The SMILES string of the molecule is O=C1c2cccc(C(F)(F)F)c2CN1c1ccn[nH]1. The number of hydrogen-bond donors (Lipinski definition) is 1. The van der Waals surface area contributed by atoms with E-state index in [0.717, 1.165) is 6.07 Å². The van der Waals surface area contributed by atoms with E-state index in [1.165, 1.54) is 29.3 Å². The predicted molar refractivity (Wildman–Crippen MR) is 60.5 cm³/mol. The Labute approximate surface area is 105 Å². The van der Waals surface area contributed by atoms with Gasteiger partial charge in [0.25, 0.3) is 5.91 Å². The molecule has 1 aromatic carbocycles. The molecule has 1 N–H and O–H groups in total. The molecule has 19 heavy (non-hydrogen) atoms. The van der Waals surface area contributed by atoms with Crippen LogP contribution in [0.25, 0.3) is 0 Å². The normalized spacial score (nSPS) is 14.9. The number of nitrogens with one attached hydrogen (secondary N) is 1. The van der Waals surface area contributed by atoms with Crippen LogP contribution in [0.2, 0.25) is 0 Å². The zero-order valence-electron chi connectivity index (χ0n) is 9.53. The Balaban J connectivity index is 2.08. The number of nitrogens with zero attached hydrogens (tertiary/aromatic N) is 2. The number of amides is 1. The molecule has 4 nitrogen and oxygen atoms in total. The Morgan fingerprint density at radius 3 is 2.68 bits per heavy atom. The van der Waals surface area contributed by atoms with Crippen LogP contribution in [0.1, 0.15) is 21.5 Å². The number of hydrogen-bond acceptors (Lipinski definition) is 2. The molecule has 0 bridgehead atoms. The molecule has 2 heterocycles.